The van der Waals surface area contributed by atoms with Crippen molar-refractivity contribution in [2.75, 3.05) is 6.61 Å². The fourth-order valence-electron chi connectivity index (χ4n) is 3.26. The Labute approximate surface area is 141 Å². The second-order valence-corrected chi connectivity index (χ2v) is 7.36. The van der Waals surface area contributed by atoms with Gasteiger partial charge in [0.15, 0.2) is 0 Å². The van der Waals surface area contributed by atoms with Gasteiger partial charge in [-0.3, -0.25) is 0 Å². The third-order valence-corrected chi connectivity index (χ3v) is 4.91. The van der Waals surface area contributed by atoms with Gasteiger partial charge in [-0.05, 0) is 12.3 Å². The number of hydrogen-bond donors (Lipinski definition) is 1. The summed E-state index contributed by atoms with van der Waals surface area (Å²) in [6.07, 6.45) is 23.6. The van der Waals surface area contributed by atoms with Crippen LogP contribution in [0.4, 0.5) is 0 Å². The fraction of sp³-hybridized carbons (Fsp3) is 1.00. The van der Waals surface area contributed by atoms with E-state index < -0.39 is 0 Å². The maximum absolute atomic E-state index is 8.72. The van der Waals surface area contributed by atoms with Crippen molar-refractivity contribution in [1.82, 2.24) is 0 Å². The Morgan fingerprint density at radius 1 is 0.545 bits per heavy atom. The molecule has 0 aromatic carbocycles. The molecule has 134 valence electrons. The molecule has 0 radical (unpaired) electrons. The number of unbranched alkanes of at least 4 members (excludes halogenated alkanes) is 13. The molecular formula is C21H44O. The molecule has 0 bridgehead atoms. The Balaban J connectivity index is 3.11. The van der Waals surface area contributed by atoms with Gasteiger partial charge in [-0.1, -0.05) is 117 Å². The van der Waals surface area contributed by atoms with Gasteiger partial charge in [0.05, 0.1) is 0 Å². The first-order chi connectivity index (χ1) is 10.8. The lowest BCUT2D eigenvalue weighted by atomic mass is 9.96. The van der Waals surface area contributed by atoms with Crippen molar-refractivity contribution in [3.05, 3.63) is 0 Å². The summed E-state index contributed by atoms with van der Waals surface area (Å²) in [6, 6.07) is 0. The van der Waals surface area contributed by atoms with Crippen LogP contribution in [0.3, 0.4) is 0 Å². The van der Waals surface area contributed by atoms with Gasteiger partial charge in [0.1, 0.15) is 0 Å². The van der Waals surface area contributed by atoms with E-state index >= 15 is 0 Å². The molecule has 22 heavy (non-hydrogen) atoms. The lowest BCUT2D eigenvalue weighted by Gasteiger charge is -2.11. The molecule has 0 aromatic rings. The Hall–Kier alpha value is -0.0400. The molecule has 1 unspecified atom stereocenters. The smallest absolute Gasteiger partial charge is 0.0431 e. The summed E-state index contributed by atoms with van der Waals surface area (Å²) in [4.78, 5) is 0. The second-order valence-electron chi connectivity index (χ2n) is 7.36. The summed E-state index contributed by atoms with van der Waals surface area (Å²) >= 11 is 0. The molecule has 0 saturated carbocycles. The number of aliphatic hydroxyl groups excluding tert-OH is 1. The highest BCUT2D eigenvalue weighted by molar-refractivity contribution is 4.56. The fourth-order valence-corrected chi connectivity index (χ4v) is 3.26. The SMILES string of the molecule is CCCCCCCCCCC(C)CCCCCCCCCO. The molecule has 0 aliphatic carbocycles. The standard InChI is InChI=1S/C21H44O/c1-3-4-5-6-7-9-12-15-18-21(2)19-16-13-10-8-11-14-17-20-22/h21-22H,3-20H2,1-2H3. The molecule has 1 nitrogen and oxygen atoms in total. The third-order valence-electron chi connectivity index (χ3n) is 4.91. The van der Waals surface area contributed by atoms with E-state index in [0.717, 1.165) is 12.3 Å². The summed E-state index contributed by atoms with van der Waals surface area (Å²) in [5.41, 5.74) is 0. The van der Waals surface area contributed by atoms with Gasteiger partial charge in [-0.15, -0.1) is 0 Å². The molecule has 1 heteroatoms. The van der Waals surface area contributed by atoms with Crippen molar-refractivity contribution in [2.45, 2.75) is 123 Å². The minimum Gasteiger partial charge on any atom is -0.396 e. The highest BCUT2D eigenvalue weighted by atomic mass is 16.2. The van der Waals surface area contributed by atoms with Crippen molar-refractivity contribution in [3.8, 4) is 0 Å². The molecule has 1 N–H and O–H groups in total. The van der Waals surface area contributed by atoms with Gasteiger partial charge < -0.3 is 5.11 Å². The van der Waals surface area contributed by atoms with Gasteiger partial charge in [0, 0.05) is 6.61 Å². The molecule has 0 amide bonds. The zero-order chi connectivity index (χ0) is 16.3. The van der Waals surface area contributed by atoms with Crippen molar-refractivity contribution in [2.24, 2.45) is 5.92 Å². The first-order valence-electron chi connectivity index (χ1n) is 10.4. The Kier molecular flexibility index (Phi) is 19.0. The van der Waals surface area contributed by atoms with Crippen LogP contribution in [0, 0.1) is 5.92 Å². The molecule has 0 saturated heterocycles. The largest absolute Gasteiger partial charge is 0.396 e. The van der Waals surface area contributed by atoms with Crippen molar-refractivity contribution >= 4 is 0 Å². The van der Waals surface area contributed by atoms with Crippen molar-refractivity contribution in [3.63, 3.8) is 0 Å². The summed E-state index contributed by atoms with van der Waals surface area (Å²) < 4.78 is 0. The Morgan fingerprint density at radius 2 is 0.909 bits per heavy atom. The van der Waals surface area contributed by atoms with Crippen LogP contribution < -0.4 is 0 Å². The minimum absolute atomic E-state index is 0.371. The second kappa shape index (κ2) is 19.0. The van der Waals surface area contributed by atoms with E-state index in [1.165, 1.54) is 103 Å². The summed E-state index contributed by atoms with van der Waals surface area (Å²) in [7, 11) is 0. The molecule has 1 atom stereocenters. The van der Waals surface area contributed by atoms with E-state index in [1.807, 2.05) is 0 Å². The van der Waals surface area contributed by atoms with E-state index in [1.54, 1.807) is 0 Å². The summed E-state index contributed by atoms with van der Waals surface area (Å²) in [5.74, 6) is 0.939. The Morgan fingerprint density at radius 3 is 1.32 bits per heavy atom. The van der Waals surface area contributed by atoms with Crippen LogP contribution in [-0.2, 0) is 0 Å². The van der Waals surface area contributed by atoms with Crippen LogP contribution in [0.2, 0.25) is 0 Å². The molecular weight excluding hydrogens is 268 g/mol. The van der Waals surface area contributed by atoms with Gasteiger partial charge in [-0.25, -0.2) is 0 Å². The lowest BCUT2D eigenvalue weighted by molar-refractivity contribution is 0.282. The van der Waals surface area contributed by atoms with E-state index in [4.69, 9.17) is 5.11 Å². The van der Waals surface area contributed by atoms with Crippen LogP contribution in [0.25, 0.3) is 0 Å². The molecule has 0 heterocycles. The van der Waals surface area contributed by atoms with E-state index in [0.29, 0.717) is 6.61 Å². The molecule has 0 aliphatic heterocycles. The first-order valence-corrected chi connectivity index (χ1v) is 10.4. The van der Waals surface area contributed by atoms with E-state index in [-0.39, 0.29) is 0 Å². The average Bonchev–Trinajstić information content (AvgIpc) is 2.52. The maximum Gasteiger partial charge on any atom is 0.0431 e. The quantitative estimate of drug-likeness (QED) is 0.264. The minimum atomic E-state index is 0.371. The van der Waals surface area contributed by atoms with Crippen LogP contribution >= 0.6 is 0 Å². The van der Waals surface area contributed by atoms with Crippen molar-refractivity contribution < 1.29 is 5.11 Å². The zero-order valence-electron chi connectivity index (χ0n) is 15.8. The topological polar surface area (TPSA) is 20.2 Å². The number of hydrogen-bond acceptors (Lipinski definition) is 1. The molecule has 0 aromatic heterocycles. The van der Waals surface area contributed by atoms with E-state index in [9.17, 15) is 0 Å². The Bertz CT molecular complexity index is 170. The van der Waals surface area contributed by atoms with Gasteiger partial charge >= 0.3 is 0 Å². The predicted molar refractivity (Wildman–Crippen MR) is 100 cm³/mol. The molecule has 0 spiro atoms. The van der Waals surface area contributed by atoms with Gasteiger partial charge in [-0.2, -0.15) is 0 Å². The van der Waals surface area contributed by atoms with Crippen LogP contribution in [0.1, 0.15) is 123 Å². The van der Waals surface area contributed by atoms with Crippen LogP contribution in [-0.4, -0.2) is 11.7 Å². The van der Waals surface area contributed by atoms with Crippen LogP contribution in [0.5, 0.6) is 0 Å². The number of aliphatic hydroxyl groups is 1. The average molecular weight is 313 g/mol. The predicted octanol–water partition coefficient (Wildman–Crippen LogP) is 7.27. The third kappa shape index (κ3) is 18.0. The summed E-state index contributed by atoms with van der Waals surface area (Å²) in [6.45, 7) is 5.11. The lowest BCUT2D eigenvalue weighted by Crippen LogP contribution is -1.95. The van der Waals surface area contributed by atoms with E-state index in [2.05, 4.69) is 13.8 Å². The molecule has 0 aliphatic rings. The highest BCUT2D eigenvalue weighted by Crippen LogP contribution is 2.18. The highest BCUT2D eigenvalue weighted by Gasteiger charge is 2.02. The van der Waals surface area contributed by atoms with Crippen molar-refractivity contribution in [1.29, 1.82) is 0 Å². The molecule has 0 fully saturated rings. The van der Waals surface area contributed by atoms with Gasteiger partial charge in [0.2, 0.25) is 0 Å². The number of rotatable bonds is 18. The molecule has 0 rings (SSSR count). The normalized spacial score (nSPS) is 12.7. The maximum atomic E-state index is 8.72. The summed E-state index contributed by atoms with van der Waals surface area (Å²) in [5, 5.41) is 8.72. The zero-order valence-corrected chi connectivity index (χ0v) is 15.8. The first kappa shape index (κ1) is 22.0. The van der Waals surface area contributed by atoms with Crippen LogP contribution in [0.15, 0.2) is 0 Å². The van der Waals surface area contributed by atoms with Gasteiger partial charge in [0.25, 0.3) is 0 Å². The monoisotopic (exact) mass is 312 g/mol.